The summed E-state index contributed by atoms with van der Waals surface area (Å²) in [4.78, 5) is 2.44. The van der Waals surface area contributed by atoms with E-state index in [9.17, 15) is 0 Å². The number of hydrogen-bond acceptors (Lipinski definition) is 3. The lowest BCUT2D eigenvalue weighted by Crippen LogP contribution is -2.45. The number of nitrogens with one attached hydrogen (secondary N) is 1. The topological polar surface area (TPSA) is 24.5 Å². The number of nitrogens with zero attached hydrogens (tertiary/aromatic N) is 1. The lowest BCUT2D eigenvalue weighted by molar-refractivity contribution is 0.194. The number of piperazine rings is 1. The summed E-state index contributed by atoms with van der Waals surface area (Å²) in [7, 11) is 0. The van der Waals surface area contributed by atoms with Crippen LogP contribution in [-0.2, 0) is 0 Å². The Hall–Kier alpha value is -1.26. The maximum Gasteiger partial charge on any atom is 0.124 e. The fraction of sp³-hybridized carbons (Fsp3) is 0.368. The Morgan fingerprint density at radius 2 is 1.75 bits per heavy atom. The molecule has 1 aliphatic rings. The molecule has 1 N–H and O–H groups in total. The highest BCUT2D eigenvalue weighted by Gasteiger charge is 2.28. The number of benzene rings is 2. The maximum absolute atomic E-state index is 6.57. The Kier molecular flexibility index (Phi) is 6.01. The summed E-state index contributed by atoms with van der Waals surface area (Å²) < 4.78 is 5.88. The Bertz CT molecular complexity index is 687. The molecular formula is C19H22Cl2N2O. The van der Waals surface area contributed by atoms with Crippen molar-refractivity contribution in [1.82, 2.24) is 10.2 Å². The van der Waals surface area contributed by atoms with Crippen LogP contribution >= 0.6 is 23.2 Å². The van der Waals surface area contributed by atoms with Gasteiger partial charge in [-0.2, -0.15) is 0 Å². The van der Waals surface area contributed by atoms with E-state index in [1.807, 2.05) is 37.3 Å². The quantitative estimate of drug-likeness (QED) is 0.851. The molecule has 1 unspecified atom stereocenters. The fourth-order valence-corrected chi connectivity index (χ4v) is 3.64. The van der Waals surface area contributed by atoms with Gasteiger partial charge in [0.15, 0.2) is 0 Å². The van der Waals surface area contributed by atoms with Gasteiger partial charge in [-0.25, -0.2) is 0 Å². The molecule has 2 aromatic carbocycles. The van der Waals surface area contributed by atoms with Gasteiger partial charge in [0, 0.05) is 31.7 Å². The lowest BCUT2D eigenvalue weighted by atomic mass is 9.95. The van der Waals surface area contributed by atoms with Crippen molar-refractivity contribution in [2.75, 3.05) is 32.8 Å². The van der Waals surface area contributed by atoms with Gasteiger partial charge in [-0.3, -0.25) is 4.90 Å². The predicted octanol–water partition coefficient (Wildman–Crippen LogP) is 4.39. The van der Waals surface area contributed by atoms with Crippen LogP contribution < -0.4 is 10.1 Å². The molecule has 0 bridgehead atoms. The van der Waals surface area contributed by atoms with Crippen molar-refractivity contribution < 1.29 is 4.74 Å². The zero-order valence-electron chi connectivity index (χ0n) is 13.8. The highest BCUT2D eigenvalue weighted by molar-refractivity contribution is 6.42. The summed E-state index contributed by atoms with van der Waals surface area (Å²) >= 11 is 12.9. The molecule has 5 heteroatoms. The first-order valence-corrected chi connectivity index (χ1v) is 9.08. The normalized spacial score (nSPS) is 16.8. The van der Waals surface area contributed by atoms with E-state index in [-0.39, 0.29) is 6.04 Å². The molecule has 128 valence electrons. The van der Waals surface area contributed by atoms with Crippen molar-refractivity contribution in [3.05, 3.63) is 63.6 Å². The van der Waals surface area contributed by atoms with Gasteiger partial charge in [0.05, 0.1) is 22.7 Å². The van der Waals surface area contributed by atoms with E-state index in [0.717, 1.165) is 43.1 Å². The molecule has 1 aliphatic heterocycles. The number of halogens is 2. The van der Waals surface area contributed by atoms with Crippen molar-refractivity contribution in [2.24, 2.45) is 0 Å². The first-order chi connectivity index (χ1) is 11.7. The minimum absolute atomic E-state index is 0.0287. The Morgan fingerprint density at radius 1 is 1.04 bits per heavy atom. The van der Waals surface area contributed by atoms with Gasteiger partial charge in [0.2, 0.25) is 0 Å². The highest BCUT2D eigenvalue weighted by atomic mass is 35.5. The minimum atomic E-state index is 0.0287. The van der Waals surface area contributed by atoms with Crippen LogP contribution in [-0.4, -0.2) is 37.7 Å². The second-order valence-electron chi connectivity index (χ2n) is 5.80. The van der Waals surface area contributed by atoms with Gasteiger partial charge in [0.25, 0.3) is 0 Å². The van der Waals surface area contributed by atoms with Crippen molar-refractivity contribution in [2.45, 2.75) is 13.0 Å². The second-order valence-corrected chi connectivity index (χ2v) is 6.59. The van der Waals surface area contributed by atoms with Crippen LogP contribution in [0, 0.1) is 0 Å². The fourth-order valence-electron chi connectivity index (χ4n) is 3.23. The Labute approximate surface area is 153 Å². The third kappa shape index (κ3) is 3.70. The number of rotatable bonds is 5. The monoisotopic (exact) mass is 364 g/mol. The summed E-state index contributed by atoms with van der Waals surface area (Å²) in [6, 6.07) is 14.1. The predicted molar refractivity (Wildman–Crippen MR) is 100 cm³/mol. The average molecular weight is 365 g/mol. The SMILES string of the molecule is CCOc1ccccc1C(c1cccc(Cl)c1Cl)N1CCNCC1. The zero-order valence-corrected chi connectivity index (χ0v) is 15.3. The van der Waals surface area contributed by atoms with Crippen molar-refractivity contribution in [1.29, 1.82) is 0 Å². The van der Waals surface area contributed by atoms with Crippen molar-refractivity contribution in [3.8, 4) is 5.75 Å². The standard InChI is InChI=1S/C19H22Cl2N2O/c1-2-24-17-9-4-3-6-14(17)19(23-12-10-22-11-13-23)15-7-5-8-16(20)18(15)21/h3-9,19,22H,2,10-13H2,1H3. The van der Waals surface area contributed by atoms with Gasteiger partial charge >= 0.3 is 0 Å². The van der Waals surface area contributed by atoms with Crippen LogP contribution in [0.15, 0.2) is 42.5 Å². The Balaban J connectivity index is 2.10. The molecule has 0 spiro atoms. The second kappa shape index (κ2) is 8.21. The van der Waals surface area contributed by atoms with E-state index in [0.29, 0.717) is 16.7 Å². The molecule has 0 aromatic heterocycles. The molecule has 1 fully saturated rings. The maximum atomic E-state index is 6.57. The van der Waals surface area contributed by atoms with E-state index >= 15 is 0 Å². The van der Waals surface area contributed by atoms with E-state index in [4.69, 9.17) is 27.9 Å². The molecule has 1 heterocycles. The summed E-state index contributed by atoms with van der Waals surface area (Å²) in [5, 5.41) is 4.61. The number of ether oxygens (including phenoxy) is 1. The number of para-hydroxylation sites is 1. The van der Waals surface area contributed by atoms with E-state index in [1.165, 1.54) is 0 Å². The molecule has 0 amide bonds. The smallest absolute Gasteiger partial charge is 0.124 e. The van der Waals surface area contributed by atoms with Crippen molar-refractivity contribution in [3.63, 3.8) is 0 Å². The third-order valence-corrected chi connectivity index (χ3v) is 5.14. The molecule has 0 aliphatic carbocycles. The molecular weight excluding hydrogens is 343 g/mol. The van der Waals surface area contributed by atoms with Crippen molar-refractivity contribution >= 4 is 23.2 Å². The van der Waals surface area contributed by atoms with Gasteiger partial charge in [-0.1, -0.05) is 53.5 Å². The lowest BCUT2D eigenvalue weighted by Gasteiger charge is -2.36. The van der Waals surface area contributed by atoms with Crippen LogP contribution in [0.25, 0.3) is 0 Å². The van der Waals surface area contributed by atoms with Crippen LogP contribution in [0.3, 0.4) is 0 Å². The van der Waals surface area contributed by atoms with Crippen LogP contribution in [0.5, 0.6) is 5.75 Å². The minimum Gasteiger partial charge on any atom is -0.494 e. The molecule has 0 saturated carbocycles. The molecule has 0 radical (unpaired) electrons. The molecule has 24 heavy (non-hydrogen) atoms. The van der Waals surface area contributed by atoms with Crippen LogP contribution in [0.4, 0.5) is 0 Å². The Morgan fingerprint density at radius 3 is 2.50 bits per heavy atom. The molecule has 1 saturated heterocycles. The summed E-state index contributed by atoms with van der Waals surface area (Å²) in [5.74, 6) is 0.902. The van der Waals surface area contributed by atoms with Crippen LogP contribution in [0.2, 0.25) is 10.0 Å². The number of hydrogen-bond donors (Lipinski definition) is 1. The van der Waals surface area contributed by atoms with Gasteiger partial charge < -0.3 is 10.1 Å². The summed E-state index contributed by atoms with van der Waals surface area (Å²) in [6.45, 7) is 6.47. The summed E-state index contributed by atoms with van der Waals surface area (Å²) in [5.41, 5.74) is 2.16. The first-order valence-electron chi connectivity index (χ1n) is 8.32. The molecule has 1 atom stereocenters. The van der Waals surface area contributed by atoms with Gasteiger partial charge in [0.1, 0.15) is 5.75 Å². The zero-order chi connectivity index (χ0) is 16.9. The average Bonchev–Trinajstić information content (AvgIpc) is 2.61. The molecule has 3 rings (SSSR count). The van der Waals surface area contributed by atoms with Gasteiger partial charge in [-0.15, -0.1) is 0 Å². The van der Waals surface area contributed by atoms with E-state index in [1.54, 1.807) is 0 Å². The third-order valence-electron chi connectivity index (χ3n) is 4.31. The highest BCUT2D eigenvalue weighted by Crippen LogP contribution is 2.40. The summed E-state index contributed by atoms with van der Waals surface area (Å²) in [6.07, 6.45) is 0. The van der Waals surface area contributed by atoms with E-state index in [2.05, 4.69) is 22.3 Å². The molecule has 3 nitrogen and oxygen atoms in total. The first kappa shape index (κ1) is 17.6. The van der Waals surface area contributed by atoms with E-state index < -0.39 is 0 Å². The van der Waals surface area contributed by atoms with Gasteiger partial charge in [-0.05, 0) is 24.6 Å². The molecule has 2 aromatic rings. The van der Waals surface area contributed by atoms with Crippen LogP contribution in [0.1, 0.15) is 24.1 Å². The largest absolute Gasteiger partial charge is 0.494 e.